The number of primary amides is 3. The fourth-order valence-electron chi connectivity index (χ4n) is 10.3. The summed E-state index contributed by atoms with van der Waals surface area (Å²) in [6, 6.07) is 40.3. The van der Waals surface area contributed by atoms with E-state index >= 15 is 0 Å². The fraction of sp³-hybridized carbons (Fsp3) is 0.203. The number of rotatable bonds is 27. The third-order valence-electron chi connectivity index (χ3n) is 14.6. The van der Waals surface area contributed by atoms with Crippen molar-refractivity contribution in [3.05, 3.63) is 198 Å². The van der Waals surface area contributed by atoms with E-state index in [0.717, 1.165) is 66.1 Å². The van der Waals surface area contributed by atoms with Crippen molar-refractivity contribution in [2.24, 2.45) is 17.2 Å². The molecule has 85 heavy (non-hydrogen) atoms. The number of aromatic amines is 3. The molecule has 0 aliphatic carbocycles. The number of fused-ring (bicyclic) bond motifs is 3. The molecule has 9 aromatic rings. The third kappa shape index (κ3) is 15.6. The molecule has 6 aromatic carbocycles. The number of hydrogen-bond acceptors (Lipinski definition) is 9. The summed E-state index contributed by atoms with van der Waals surface area (Å²) in [7, 11) is 0. The molecule has 0 radical (unpaired) electrons. The van der Waals surface area contributed by atoms with Crippen molar-refractivity contribution in [1.82, 2.24) is 30.9 Å². The summed E-state index contributed by atoms with van der Waals surface area (Å²) in [6.45, 7) is 0. The molecule has 3 heterocycles. The van der Waals surface area contributed by atoms with E-state index in [1.807, 2.05) is 109 Å². The Morgan fingerprint density at radius 1 is 0.353 bits per heavy atom. The first-order valence-electron chi connectivity index (χ1n) is 27.6. The summed E-state index contributed by atoms with van der Waals surface area (Å²) in [5, 5.41) is 19.5. The monoisotopic (exact) mass is 1140 g/mol. The second kappa shape index (κ2) is 27.3. The van der Waals surface area contributed by atoms with E-state index in [-0.39, 0.29) is 57.8 Å². The van der Waals surface area contributed by atoms with Gasteiger partial charge >= 0.3 is 0 Å². The molecule has 0 bridgehead atoms. The Kier molecular flexibility index (Phi) is 18.9. The topological polar surface area (TPSA) is 351 Å². The molecular formula is C64H64N12O9. The van der Waals surface area contributed by atoms with Crippen LogP contribution >= 0.6 is 0 Å². The van der Waals surface area contributed by atoms with Crippen LogP contribution in [0.3, 0.4) is 0 Å². The lowest BCUT2D eigenvalue weighted by molar-refractivity contribution is -0.126. The molecule has 21 nitrogen and oxygen atoms in total. The van der Waals surface area contributed by atoms with E-state index in [1.165, 1.54) is 0 Å². The number of para-hydroxylation sites is 3. The van der Waals surface area contributed by atoms with Gasteiger partial charge in [0, 0.05) is 93.5 Å². The molecule has 0 unspecified atom stereocenters. The first kappa shape index (κ1) is 58.8. The maximum atomic E-state index is 13.9. The molecule has 15 N–H and O–H groups in total. The molecule has 0 saturated heterocycles. The van der Waals surface area contributed by atoms with Crippen molar-refractivity contribution in [1.29, 1.82) is 0 Å². The van der Waals surface area contributed by atoms with Gasteiger partial charge in [-0.15, -0.1) is 0 Å². The molecule has 21 heteroatoms. The van der Waals surface area contributed by atoms with Gasteiger partial charge in [-0.25, -0.2) is 0 Å². The molecule has 0 aliphatic rings. The number of carbonyl (C=O) groups is 9. The van der Waals surface area contributed by atoms with Crippen LogP contribution in [0.15, 0.2) is 164 Å². The van der Waals surface area contributed by atoms with Crippen LogP contribution in [-0.4, -0.2) is 86.2 Å². The van der Waals surface area contributed by atoms with Crippen LogP contribution < -0.4 is 49.1 Å². The highest BCUT2D eigenvalue weighted by Crippen LogP contribution is 2.34. The van der Waals surface area contributed by atoms with Gasteiger partial charge in [-0.3, -0.25) is 43.2 Å². The summed E-state index contributed by atoms with van der Waals surface area (Å²) in [5.74, 6) is -5.40. The van der Waals surface area contributed by atoms with Gasteiger partial charge in [0.05, 0.1) is 19.3 Å². The maximum absolute atomic E-state index is 13.9. The van der Waals surface area contributed by atoms with E-state index in [2.05, 4.69) is 46.9 Å². The van der Waals surface area contributed by atoms with E-state index < -0.39 is 77.2 Å². The molecule has 0 fully saturated rings. The van der Waals surface area contributed by atoms with Gasteiger partial charge in [0.2, 0.25) is 53.2 Å². The van der Waals surface area contributed by atoms with Crippen LogP contribution in [0.2, 0.25) is 0 Å². The summed E-state index contributed by atoms with van der Waals surface area (Å²) in [6.07, 6.45) is 4.54. The fourth-order valence-corrected chi connectivity index (χ4v) is 10.3. The van der Waals surface area contributed by atoms with Crippen molar-refractivity contribution >= 4 is 103 Å². The molecule has 9 amide bonds. The number of carbonyl (C=O) groups excluding carboxylic acids is 9. The Labute approximate surface area is 487 Å². The van der Waals surface area contributed by atoms with Crippen LogP contribution in [0.1, 0.15) is 77.8 Å². The van der Waals surface area contributed by atoms with Crippen LogP contribution in [0, 0.1) is 0 Å². The minimum Gasteiger partial charge on any atom is -0.370 e. The zero-order valence-electron chi connectivity index (χ0n) is 46.2. The predicted molar refractivity (Wildman–Crippen MR) is 323 cm³/mol. The summed E-state index contributed by atoms with van der Waals surface area (Å²) in [4.78, 5) is 127. The number of aromatic nitrogens is 3. The quantitative estimate of drug-likeness (QED) is 0.0264. The lowest BCUT2D eigenvalue weighted by Crippen LogP contribution is -2.44. The van der Waals surface area contributed by atoms with Gasteiger partial charge in [-0.05, 0) is 107 Å². The standard InChI is InChI=1S/C64H64N12O9/c65-55(77)28-25-52(74-58(80)31-40-34-68-49-10-4-1-7-46(40)49)62(83)71-43-19-13-37(14-20-43)61(38-15-21-44(22-16-38)72-63(84)53(26-29-56(66)78)75-59(81)32-41-35-69-50-11-5-2-8-47(41)50)39-17-23-45(24-18-39)73-64(85)54(27-30-57(67)79)76-60(82)33-42-36-70-51-12-6-3-9-48(42)51/h1-24,34-36,52-54,61,68-70H,25-33H2,(H2,65,77)(H2,66,78)(H2,67,79)(H,71,83)(H,72,84)(H,73,85)(H,74,80)(H,75,81)(H,76,82)/t52-,53-,54-/m0/s1. The lowest BCUT2D eigenvalue weighted by Gasteiger charge is -2.22. The molecule has 3 atom stereocenters. The second-order valence-electron chi connectivity index (χ2n) is 20.8. The average molecular weight is 1150 g/mol. The smallest absolute Gasteiger partial charge is 0.246 e. The molecular weight excluding hydrogens is 1080 g/mol. The maximum Gasteiger partial charge on any atom is 0.246 e. The van der Waals surface area contributed by atoms with Gasteiger partial charge in [-0.2, -0.15) is 0 Å². The zero-order chi connectivity index (χ0) is 60.0. The minimum absolute atomic E-state index is 0.0211. The SMILES string of the molecule is NC(=O)CC[C@H](NC(=O)Cc1c[nH]c2ccccc12)C(=O)Nc1ccc(C(c2ccc(NC(=O)[C@H](CCC(N)=O)NC(=O)Cc3c[nH]c4ccccc34)cc2)c2ccc(NC(=O)[C@H](CCC(N)=O)NC(=O)Cc3c[nH]c4ccccc34)cc2)cc1. The Balaban J connectivity index is 0.932. The highest BCUT2D eigenvalue weighted by Gasteiger charge is 2.27. The van der Waals surface area contributed by atoms with Gasteiger partial charge in [0.1, 0.15) is 18.1 Å². The number of H-pyrrole nitrogens is 3. The second-order valence-corrected chi connectivity index (χ2v) is 20.8. The molecule has 0 spiro atoms. The molecule has 3 aromatic heterocycles. The first-order valence-corrected chi connectivity index (χ1v) is 27.6. The number of amides is 9. The van der Waals surface area contributed by atoms with Crippen LogP contribution in [-0.2, 0) is 62.4 Å². The summed E-state index contributed by atoms with van der Waals surface area (Å²) >= 11 is 0. The Bertz CT molecular complexity index is 3520. The highest BCUT2D eigenvalue weighted by atomic mass is 16.2. The van der Waals surface area contributed by atoms with E-state index in [1.54, 1.807) is 55.0 Å². The molecule has 0 aliphatic heterocycles. The van der Waals surface area contributed by atoms with Crippen LogP contribution in [0.5, 0.6) is 0 Å². The molecule has 434 valence electrons. The van der Waals surface area contributed by atoms with Crippen molar-refractivity contribution in [2.75, 3.05) is 16.0 Å². The average Bonchev–Trinajstić information content (AvgIpc) is 4.21. The minimum atomic E-state index is -1.10. The van der Waals surface area contributed by atoms with Gasteiger partial charge in [0.25, 0.3) is 0 Å². The summed E-state index contributed by atoms with van der Waals surface area (Å²) < 4.78 is 0. The van der Waals surface area contributed by atoms with E-state index in [9.17, 15) is 43.2 Å². The Morgan fingerprint density at radius 2 is 0.612 bits per heavy atom. The lowest BCUT2D eigenvalue weighted by atomic mass is 9.85. The number of anilines is 3. The number of benzene rings is 6. The third-order valence-corrected chi connectivity index (χ3v) is 14.6. The first-order chi connectivity index (χ1) is 41.0. The number of nitrogens with two attached hydrogens (primary N) is 3. The number of hydrogen-bond donors (Lipinski definition) is 12. The van der Waals surface area contributed by atoms with Gasteiger partial charge in [0.15, 0.2) is 0 Å². The van der Waals surface area contributed by atoms with Crippen LogP contribution in [0.4, 0.5) is 17.1 Å². The summed E-state index contributed by atoms with van der Waals surface area (Å²) in [5.41, 5.74) is 24.6. The predicted octanol–water partition coefficient (Wildman–Crippen LogP) is 6.11. The Morgan fingerprint density at radius 3 is 0.871 bits per heavy atom. The zero-order valence-corrected chi connectivity index (χ0v) is 46.2. The van der Waals surface area contributed by atoms with E-state index in [4.69, 9.17) is 17.2 Å². The van der Waals surface area contributed by atoms with Crippen molar-refractivity contribution < 1.29 is 43.2 Å². The number of nitrogens with one attached hydrogen (secondary N) is 9. The van der Waals surface area contributed by atoms with Crippen molar-refractivity contribution in [2.45, 2.75) is 81.8 Å². The van der Waals surface area contributed by atoms with Crippen molar-refractivity contribution in [3.63, 3.8) is 0 Å². The van der Waals surface area contributed by atoms with Gasteiger partial charge in [-0.1, -0.05) is 91.0 Å². The molecule has 9 rings (SSSR count). The van der Waals surface area contributed by atoms with E-state index in [0.29, 0.717) is 17.1 Å². The Hall–Kier alpha value is -10.8. The van der Waals surface area contributed by atoms with Crippen molar-refractivity contribution in [3.8, 4) is 0 Å². The normalized spacial score (nSPS) is 12.2. The molecule has 0 saturated carbocycles. The largest absolute Gasteiger partial charge is 0.370 e. The highest BCUT2D eigenvalue weighted by molar-refractivity contribution is 6.01. The van der Waals surface area contributed by atoms with Gasteiger partial charge < -0.3 is 64.1 Å². The van der Waals surface area contributed by atoms with Crippen LogP contribution in [0.25, 0.3) is 32.7 Å².